The minimum atomic E-state index is -0.725. The zero-order chi connectivity index (χ0) is 18.7. The molecule has 1 atom stereocenters. The van der Waals surface area contributed by atoms with Crippen LogP contribution < -0.4 is 4.74 Å². The summed E-state index contributed by atoms with van der Waals surface area (Å²) >= 11 is 19.2. The maximum Gasteiger partial charge on any atom is 0.344 e. The van der Waals surface area contributed by atoms with Gasteiger partial charge in [0.25, 0.3) is 11.8 Å². The van der Waals surface area contributed by atoms with E-state index in [-0.39, 0.29) is 33.3 Å². The van der Waals surface area contributed by atoms with Crippen LogP contribution in [0.5, 0.6) is 5.75 Å². The molecule has 0 saturated carbocycles. The molecule has 0 aliphatic heterocycles. The fourth-order valence-corrected chi connectivity index (χ4v) is 3.17. The first-order valence-corrected chi connectivity index (χ1v) is 9.29. The highest BCUT2D eigenvalue weighted by molar-refractivity contribution is 7.13. The molecule has 0 radical (unpaired) electrons. The van der Waals surface area contributed by atoms with Gasteiger partial charge >= 0.3 is 5.97 Å². The van der Waals surface area contributed by atoms with Gasteiger partial charge in [-0.05, 0) is 24.4 Å². The van der Waals surface area contributed by atoms with Gasteiger partial charge in [-0.3, -0.25) is 0 Å². The second-order valence-corrected chi connectivity index (χ2v) is 7.21. The molecule has 2 aromatic heterocycles. The van der Waals surface area contributed by atoms with E-state index in [4.69, 9.17) is 48.7 Å². The number of nitrogens with zero attached hydrogens (tertiary/aromatic N) is 2. The second kappa shape index (κ2) is 8.26. The van der Waals surface area contributed by atoms with E-state index < -0.39 is 12.1 Å². The molecular formula is C16H11Cl3N2O4S. The van der Waals surface area contributed by atoms with E-state index >= 15 is 0 Å². The molecule has 0 amide bonds. The molecule has 6 nitrogen and oxygen atoms in total. The van der Waals surface area contributed by atoms with Crippen LogP contribution in [0, 0.1) is 0 Å². The third-order valence-corrected chi connectivity index (χ3v) is 5.02. The molecular weight excluding hydrogens is 423 g/mol. The van der Waals surface area contributed by atoms with E-state index in [9.17, 15) is 4.79 Å². The van der Waals surface area contributed by atoms with Gasteiger partial charge in [0, 0.05) is 6.07 Å². The van der Waals surface area contributed by atoms with Crippen LogP contribution in [0.3, 0.4) is 0 Å². The van der Waals surface area contributed by atoms with Crippen molar-refractivity contribution in [3.63, 3.8) is 0 Å². The number of rotatable bonds is 6. The average molecular weight is 434 g/mol. The van der Waals surface area contributed by atoms with Crippen LogP contribution in [0.1, 0.15) is 18.9 Å². The SMILES string of the molecule is CC(OC(=O)COc1cc(Cl)c(Cl)cc1Cl)c1nnc(-c2cccs2)o1. The lowest BCUT2D eigenvalue weighted by Gasteiger charge is -2.11. The zero-order valence-corrected chi connectivity index (χ0v) is 16.3. The lowest BCUT2D eigenvalue weighted by molar-refractivity contribution is -0.152. The normalized spacial score (nSPS) is 12.0. The van der Waals surface area contributed by atoms with Crippen LogP contribution >= 0.6 is 46.1 Å². The number of hydrogen-bond donors (Lipinski definition) is 0. The average Bonchev–Trinajstić information content (AvgIpc) is 3.27. The molecule has 1 aromatic carbocycles. The van der Waals surface area contributed by atoms with Crippen LogP contribution in [0.15, 0.2) is 34.1 Å². The number of aromatic nitrogens is 2. The maximum atomic E-state index is 12.0. The quantitative estimate of drug-likeness (QED) is 0.380. The van der Waals surface area contributed by atoms with Crippen LogP contribution in [0.2, 0.25) is 15.1 Å². The van der Waals surface area contributed by atoms with E-state index in [1.54, 1.807) is 6.92 Å². The fraction of sp³-hybridized carbons (Fsp3) is 0.188. The van der Waals surface area contributed by atoms with Gasteiger partial charge in [0.05, 0.1) is 19.9 Å². The first kappa shape index (κ1) is 19.0. The van der Waals surface area contributed by atoms with Gasteiger partial charge in [-0.2, -0.15) is 0 Å². The molecule has 0 aliphatic rings. The van der Waals surface area contributed by atoms with Gasteiger partial charge in [0.15, 0.2) is 12.7 Å². The lowest BCUT2D eigenvalue weighted by atomic mass is 10.3. The number of carbonyl (C=O) groups excluding carboxylic acids is 1. The van der Waals surface area contributed by atoms with Crippen molar-refractivity contribution < 1.29 is 18.7 Å². The molecule has 2 heterocycles. The van der Waals surface area contributed by atoms with Gasteiger partial charge in [-0.1, -0.05) is 40.9 Å². The Morgan fingerprint density at radius 1 is 1.23 bits per heavy atom. The maximum absolute atomic E-state index is 12.0. The minimum absolute atomic E-state index is 0.189. The molecule has 1 unspecified atom stereocenters. The molecule has 0 spiro atoms. The summed E-state index contributed by atoms with van der Waals surface area (Å²) < 4.78 is 16.1. The van der Waals surface area contributed by atoms with Crippen molar-refractivity contribution in [3.8, 4) is 16.5 Å². The molecule has 0 bridgehead atoms. The summed E-state index contributed by atoms with van der Waals surface area (Å²) in [4.78, 5) is 12.8. The first-order chi connectivity index (χ1) is 12.4. The second-order valence-electron chi connectivity index (χ2n) is 5.04. The number of hydrogen-bond acceptors (Lipinski definition) is 7. The van der Waals surface area contributed by atoms with E-state index in [0.29, 0.717) is 5.89 Å². The van der Waals surface area contributed by atoms with Gasteiger partial charge in [-0.25, -0.2) is 4.79 Å². The van der Waals surface area contributed by atoms with Crippen molar-refractivity contribution in [2.24, 2.45) is 0 Å². The number of benzene rings is 1. The van der Waals surface area contributed by atoms with E-state index in [0.717, 1.165) is 4.88 Å². The molecule has 0 N–H and O–H groups in total. The van der Waals surface area contributed by atoms with Crippen LogP contribution in [-0.2, 0) is 9.53 Å². The van der Waals surface area contributed by atoms with Gasteiger partial charge in [0.2, 0.25) is 0 Å². The summed E-state index contributed by atoms with van der Waals surface area (Å²) in [6, 6.07) is 6.58. The van der Waals surface area contributed by atoms with Crippen molar-refractivity contribution in [3.05, 3.63) is 50.6 Å². The van der Waals surface area contributed by atoms with Crippen molar-refractivity contribution in [2.45, 2.75) is 13.0 Å². The molecule has 3 aromatic rings. The van der Waals surface area contributed by atoms with Crippen LogP contribution in [-0.4, -0.2) is 22.8 Å². The number of ether oxygens (including phenoxy) is 2. The van der Waals surface area contributed by atoms with Gasteiger partial charge in [-0.15, -0.1) is 21.5 Å². The monoisotopic (exact) mass is 432 g/mol. The lowest BCUT2D eigenvalue weighted by Crippen LogP contribution is -2.17. The van der Waals surface area contributed by atoms with Crippen LogP contribution in [0.25, 0.3) is 10.8 Å². The topological polar surface area (TPSA) is 74.5 Å². The number of esters is 1. The fourth-order valence-electron chi connectivity index (χ4n) is 1.93. The predicted molar refractivity (Wildman–Crippen MR) is 99.1 cm³/mol. The molecule has 3 rings (SSSR count). The highest BCUT2D eigenvalue weighted by Crippen LogP contribution is 2.34. The Bertz CT molecular complexity index is 914. The Balaban J connectivity index is 1.57. The summed E-state index contributed by atoms with van der Waals surface area (Å²) in [6.45, 7) is 1.25. The summed E-state index contributed by atoms with van der Waals surface area (Å²) in [7, 11) is 0. The third kappa shape index (κ3) is 4.48. The summed E-state index contributed by atoms with van der Waals surface area (Å²) in [5, 5.41) is 10.5. The summed E-state index contributed by atoms with van der Waals surface area (Å²) in [5.74, 6) is 0.157. The Morgan fingerprint density at radius 3 is 2.73 bits per heavy atom. The zero-order valence-electron chi connectivity index (χ0n) is 13.2. The summed E-state index contributed by atoms with van der Waals surface area (Å²) in [5.41, 5.74) is 0. The molecule has 10 heteroatoms. The van der Waals surface area contributed by atoms with Crippen molar-refractivity contribution in [1.29, 1.82) is 0 Å². The first-order valence-electron chi connectivity index (χ1n) is 7.28. The highest BCUT2D eigenvalue weighted by atomic mass is 35.5. The number of thiophene rings is 1. The Hall–Kier alpha value is -1.80. The van der Waals surface area contributed by atoms with E-state index in [2.05, 4.69) is 10.2 Å². The highest BCUT2D eigenvalue weighted by Gasteiger charge is 2.20. The van der Waals surface area contributed by atoms with Crippen molar-refractivity contribution >= 4 is 52.1 Å². The van der Waals surface area contributed by atoms with Gasteiger partial charge in [0.1, 0.15) is 5.75 Å². The molecule has 0 aliphatic carbocycles. The summed E-state index contributed by atoms with van der Waals surface area (Å²) in [6.07, 6.45) is -0.725. The predicted octanol–water partition coefficient (Wildman–Crippen LogP) is 5.44. The van der Waals surface area contributed by atoms with E-state index in [1.807, 2.05) is 17.5 Å². The van der Waals surface area contributed by atoms with Crippen molar-refractivity contribution in [2.75, 3.05) is 6.61 Å². The Labute approximate surface area is 167 Å². The molecule has 0 saturated heterocycles. The minimum Gasteiger partial charge on any atom is -0.480 e. The smallest absolute Gasteiger partial charge is 0.344 e. The Kier molecular flexibility index (Phi) is 6.03. The number of carbonyl (C=O) groups is 1. The third-order valence-electron chi connectivity index (χ3n) is 3.15. The standard InChI is InChI=1S/C16H11Cl3N2O4S/c1-8(15-20-21-16(25-15)13-3-2-4-26-13)24-14(22)7-23-12-6-10(18)9(17)5-11(12)19/h2-6,8H,7H2,1H3. The number of halogens is 3. The largest absolute Gasteiger partial charge is 0.480 e. The molecule has 136 valence electrons. The van der Waals surface area contributed by atoms with Crippen molar-refractivity contribution in [1.82, 2.24) is 10.2 Å². The molecule has 0 fully saturated rings. The van der Waals surface area contributed by atoms with E-state index in [1.165, 1.54) is 23.5 Å². The molecule has 26 heavy (non-hydrogen) atoms. The van der Waals surface area contributed by atoms with Gasteiger partial charge < -0.3 is 13.9 Å². The Morgan fingerprint density at radius 2 is 2.00 bits per heavy atom. The van der Waals surface area contributed by atoms with Crippen LogP contribution in [0.4, 0.5) is 0 Å².